The fourth-order valence-electron chi connectivity index (χ4n) is 11.2. The van der Waals surface area contributed by atoms with Gasteiger partial charge < -0.3 is 62.3 Å². The maximum atomic E-state index is 9.01. The third-order valence-electron chi connectivity index (χ3n) is 19.1. The lowest BCUT2D eigenvalue weighted by Crippen LogP contribution is -2.20. The number of aromatic hydroxyl groups is 2. The zero-order valence-corrected chi connectivity index (χ0v) is 65.8. The number of rotatable bonds is 35. The molecule has 1 aliphatic rings. The van der Waals surface area contributed by atoms with Crippen molar-refractivity contribution in [2.75, 3.05) is 46.8 Å². The Labute approximate surface area is 709 Å². The van der Waals surface area contributed by atoms with Gasteiger partial charge in [0.05, 0.1) is 33.0 Å². The summed E-state index contributed by atoms with van der Waals surface area (Å²) in [6.45, 7) is 30.5. The van der Waals surface area contributed by atoms with Crippen molar-refractivity contribution in [3.63, 3.8) is 0 Å². The van der Waals surface area contributed by atoms with Crippen LogP contribution in [0.4, 0.5) is 0 Å². The van der Waals surface area contributed by atoms with Crippen LogP contribution in [0, 0.1) is 0 Å². The van der Waals surface area contributed by atoms with Gasteiger partial charge in [-0.25, -0.2) is 0 Å². The lowest BCUT2D eigenvalue weighted by atomic mass is 9.98. The van der Waals surface area contributed by atoms with Crippen molar-refractivity contribution in [1.82, 2.24) is 0 Å². The number of phenols is 2. The van der Waals surface area contributed by atoms with E-state index in [1.807, 2.05) is 160 Å². The van der Waals surface area contributed by atoms with Crippen LogP contribution in [0.25, 0.3) is 11.1 Å². The van der Waals surface area contributed by atoms with Crippen LogP contribution in [0.5, 0.6) is 57.5 Å². The average molecular weight is 1610 g/mol. The van der Waals surface area contributed by atoms with Crippen molar-refractivity contribution in [3.8, 4) is 68.6 Å². The van der Waals surface area contributed by atoms with Gasteiger partial charge in [0.2, 0.25) is 0 Å². The number of hydrogen-bond donors (Lipinski definition) is 2. The number of benzene rings is 9. The third-order valence-corrected chi connectivity index (χ3v) is 19.1. The largest absolute Gasteiger partial charge is 0.508 e. The van der Waals surface area contributed by atoms with Gasteiger partial charge in [0.25, 0.3) is 0 Å². The maximum Gasteiger partial charge on any atom is 0.197 e. The molecule has 8 unspecified atom stereocenters. The predicted molar refractivity (Wildman–Crippen MR) is 500 cm³/mol. The molecule has 9 aromatic rings. The van der Waals surface area contributed by atoms with E-state index in [9.17, 15) is 0 Å². The number of methoxy groups -OCH3 is 1. The highest BCUT2D eigenvalue weighted by Gasteiger charge is 2.16. The van der Waals surface area contributed by atoms with Crippen molar-refractivity contribution in [3.05, 3.63) is 252 Å². The van der Waals surface area contributed by atoms with Crippen LogP contribution in [0.3, 0.4) is 0 Å². The lowest BCUT2D eigenvalue weighted by molar-refractivity contribution is -0.0741. The molecule has 0 aliphatic heterocycles. The molecule has 652 valence electrons. The molecular weight excluding hydrogens is 1450 g/mol. The van der Waals surface area contributed by atoms with E-state index in [0.717, 1.165) is 90.9 Å². The first-order valence-corrected chi connectivity index (χ1v) is 38.6. The minimum absolute atomic E-state index is 0. The quantitative estimate of drug-likeness (QED) is 0.0288. The first-order valence-electron chi connectivity index (χ1n) is 38.6. The number of hydrogen-bond acceptors (Lipinski definition) is 13. The summed E-state index contributed by atoms with van der Waals surface area (Å²) in [5.41, 5.74) is 8.97. The minimum atomic E-state index is -0.325. The van der Waals surface area contributed by atoms with E-state index in [4.69, 9.17) is 62.3 Å². The van der Waals surface area contributed by atoms with Gasteiger partial charge in [-0.15, -0.1) is 0 Å². The summed E-state index contributed by atoms with van der Waals surface area (Å²) in [4.78, 5) is 0. The van der Waals surface area contributed by atoms with Gasteiger partial charge in [0.1, 0.15) is 77.3 Å². The first-order chi connectivity index (χ1) is 51.4. The lowest BCUT2D eigenvalue weighted by Gasteiger charge is -2.23. The summed E-state index contributed by atoms with van der Waals surface area (Å²) in [5.74, 6) is 10.2. The Bertz CT molecular complexity index is 3630. The molecule has 116 heavy (non-hydrogen) atoms. The molecule has 9 aromatic carbocycles. The Balaban J connectivity index is -0.000000453. The summed E-state index contributed by atoms with van der Waals surface area (Å²) < 4.78 is 62.8. The van der Waals surface area contributed by atoms with Crippen LogP contribution in [-0.4, -0.2) is 81.9 Å². The fourth-order valence-corrected chi connectivity index (χ4v) is 11.2. The Morgan fingerprint density at radius 1 is 0.276 bits per heavy atom. The average Bonchev–Trinajstić information content (AvgIpc) is 0.870. The molecule has 1 fully saturated rings. The molecule has 1 saturated carbocycles. The van der Waals surface area contributed by atoms with Gasteiger partial charge in [-0.1, -0.05) is 253 Å². The van der Waals surface area contributed by atoms with Crippen LogP contribution in [0.1, 0.15) is 286 Å². The normalized spacial score (nSPS) is 12.8. The monoisotopic (exact) mass is 1610 g/mol. The van der Waals surface area contributed by atoms with Gasteiger partial charge in [-0.3, -0.25) is 0 Å². The summed E-state index contributed by atoms with van der Waals surface area (Å²) in [6, 6.07) is 73.4. The van der Waals surface area contributed by atoms with E-state index < -0.39 is 0 Å². The molecule has 0 bridgehead atoms. The molecule has 2 N–H and O–H groups in total. The minimum Gasteiger partial charge on any atom is -0.508 e. The van der Waals surface area contributed by atoms with Crippen molar-refractivity contribution in [2.45, 2.75) is 283 Å². The van der Waals surface area contributed by atoms with E-state index in [1.54, 1.807) is 31.4 Å². The molecule has 0 radical (unpaired) electrons. The third kappa shape index (κ3) is 44.3. The topological polar surface area (TPSA) is 142 Å². The van der Waals surface area contributed by atoms with Gasteiger partial charge in [-0.05, 0) is 268 Å². The van der Waals surface area contributed by atoms with Crippen LogP contribution in [0.2, 0.25) is 0 Å². The van der Waals surface area contributed by atoms with Crippen LogP contribution >= 0.6 is 0 Å². The van der Waals surface area contributed by atoms with E-state index in [0.29, 0.717) is 86.8 Å². The van der Waals surface area contributed by atoms with Crippen LogP contribution in [0.15, 0.2) is 224 Å². The molecule has 0 aromatic heterocycles. The highest BCUT2D eigenvalue weighted by molar-refractivity contribution is 5.64. The molecule has 0 saturated heterocycles. The summed E-state index contributed by atoms with van der Waals surface area (Å²) in [6.07, 6.45) is 11.3. The fraction of sp³-hybridized carbons (Fsp3) is 0.476. The van der Waals surface area contributed by atoms with E-state index in [1.165, 1.54) is 58.2 Å². The first kappa shape index (κ1) is 115. The highest BCUT2D eigenvalue weighted by atomic mass is 16.7. The molecule has 10 rings (SSSR count). The molecule has 1 aliphatic carbocycles. The predicted octanol–water partition coefficient (Wildman–Crippen LogP) is 30.6. The van der Waals surface area contributed by atoms with Crippen molar-refractivity contribution >= 4 is 0 Å². The molecule has 13 nitrogen and oxygen atoms in total. The van der Waals surface area contributed by atoms with Crippen LogP contribution < -0.4 is 37.9 Å². The summed E-state index contributed by atoms with van der Waals surface area (Å²) in [5, 5.41) is 18.0. The van der Waals surface area contributed by atoms with Crippen molar-refractivity contribution in [1.29, 1.82) is 0 Å². The highest BCUT2D eigenvalue weighted by Crippen LogP contribution is 2.30. The molecule has 8 atom stereocenters. The van der Waals surface area contributed by atoms with Crippen molar-refractivity contribution in [2.24, 2.45) is 0 Å². The second-order valence-corrected chi connectivity index (χ2v) is 27.1. The van der Waals surface area contributed by atoms with E-state index >= 15 is 0 Å². The summed E-state index contributed by atoms with van der Waals surface area (Å²) >= 11 is 0. The van der Waals surface area contributed by atoms with Crippen molar-refractivity contribution < 1.29 is 62.3 Å². The molecule has 0 heterocycles. The van der Waals surface area contributed by atoms with Gasteiger partial charge in [0.15, 0.2) is 18.9 Å². The van der Waals surface area contributed by atoms with Gasteiger partial charge >= 0.3 is 0 Å². The Kier molecular flexibility index (Phi) is 65.6. The molecular formula is C103H162O13. The standard InChI is InChI=1S/C26H36O4.C26H30O3.C21H28O4.2C10H14O.10CH4/c1-4-20(2)22-10-12-25(13-11-22)29-21(3)27-18-19-28-23-14-16-26(17-15-23)30-24-8-6-5-7-9-24;1-4-20(2)22-10-16-26(17-11-22)29-21(3)27-18-19-28-25-14-12-24(13-15-25)23-8-6-5-7-9-23;1-5-16(2)18-6-8-21(9-7-18)25-17(3)23-14-15-24-20-12-10-19(22-4)11-13-20;2*1-3-8(2)9-4-6-10(11)7-5-9;;;;;;;;;;/h10-17,20-21,24H,4-9,18-19H2,1-3H3;5-17,20-21H,4,18-19H2,1-3H3;6-13,16-17H,5,14-15H2,1-4H3;2*4-8,11H,3H2,1-2H3;10*1H4. The molecule has 0 spiro atoms. The second kappa shape index (κ2) is 65.9. The Morgan fingerprint density at radius 3 is 0.793 bits per heavy atom. The zero-order chi connectivity index (χ0) is 76.3. The van der Waals surface area contributed by atoms with Gasteiger partial charge in [0, 0.05) is 0 Å². The Morgan fingerprint density at radius 2 is 0.517 bits per heavy atom. The van der Waals surface area contributed by atoms with E-state index in [2.05, 4.69) is 130 Å². The molecule has 0 amide bonds. The van der Waals surface area contributed by atoms with E-state index in [-0.39, 0.29) is 93.1 Å². The van der Waals surface area contributed by atoms with Crippen LogP contribution in [-0.2, 0) is 14.2 Å². The number of ether oxygens (including phenoxy) is 11. The second-order valence-electron chi connectivity index (χ2n) is 27.1. The Hall–Kier alpha value is -9.14. The summed E-state index contributed by atoms with van der Waals surface area (Å²) in [7, 11) is 1.64. The van der Waals surface area contributed by atoms with Gasteiger partial charge in [-0.2, -0.15) is 0 Å². The smallest absolute Gasteiger partial charge is 0.197 e. The number of phenolic OH excluding ortho intramolecular Hbond substituents is 2. The molecule has 13 heteroatoms. The SMILES string of the molecule is C.C.C.C.C.C.C.C.C.C.CCC(C)c1ccc(O)cc1.CCC(C)c1ccc(O)cc1.CCC(C)c1ccc(OC(C)OCCOc2ccc(-c3ccccc3)cc2)cc1.CCC(C)c1ccc(OC(C)OCCOc2ccc(OC)cc2)cc1.CCC(C)c1ccc(OC(C)OCCOc2ccc(OC3CCCCC3)cc2)cc1. The maximum absolute atomic E-state index is 9.01. The zero-order valence-electron chi connectivity index (χ0n) is 65.8.